The molecular weight excluding hydrogens is 311 g/mol. The monoisotopic (exact) mass is 325 g/mol. The van der Waals surface area contributed by atoms with Crippen LogP contribution in [0.2, 0.25) is 5.82 Å². The van der Waals surface area contributed by atoms with E-state index in [-0.39, 0.29) is 51.4 Å². The Morgan fingerprint density at radius 1 is 1.25 bits per heavy atom. The Morgan fingerprint density at radius 2 is 1.70 bits per heavy atom. The SMILES string of the molecule is CC(C)(C)OC(=O)N1CC2(C1)C([B-](F)(F)F)C2(F)F.[K+]. The summed E-state index contributed by atoms with van der Waals surface area (Å²) in [5.74, 6) is -6.34. The molecule has 0 aromatic rings. The van der Waals surface area contributed by atoms with Gasteiger partial charge in [-0.3, -0.25) is 0 Å². The Kier molecular flexibility index (Phi) is 4.74. The largest absolute Gasteiger partial charge is 1.00 e. The molecule has 0 aromatic heterocycles. The average Bonchev–Trinajstić information content (AvgIpc) is 2.55. The number of ether oxygens (including phenoxy) is 1. The molecule has 3 nitrogen and oxygen atoms in total. The van der Waals surface area contributed by atoms with Crippen LogP contribution in [0.3, 0.4) is 0 Å². The first-order valence-corrected chi connectivity index (χ1v) is 5.87. The summed E-state index contributed by atoms with van der Waals surface area (Å²) in [7, 11) is 0. The van der Waals surface area contributed by atoms with Crippen molar-refractivity contribution in [1.82, 2.24) is 4.90 Å². The van der Waals surface area contributed by atoms with E-state index >= 15 is 0 Å². The molecule has 1 aliphatic heterocycles. The smallest absolute Gasteiger partial charge is 0.449 e. The van der Waals surface area contributed by atoms with Gasteiger partial charge in [-0.05, 0) is 20.8 Å². The molecule has 0 N–H and O–H groups in total. The van der Waals surface area contributed by atoms with Crippen molar-refractivity contribution in [3.63, 3.8) is 0 Å². The van der Waals surface area contributed by atoms with Crippen LogP contribution in [0.15, 0.2) is 0 Å². The number of nitrogens with zero attached hydrogens (tertiary/aromatic N) is 1. The molecule has 2 fully saturated rings. The second kappa shape index (κ2) is 5.07. The minimum Gasteiger partial charge on any atom is -0.449 e. The molecule has 2 aliphatic rings. The van der Waals surface area contributed by atoms with E-state index in [0.717, 1.165) is 4.90 Å². The van der Waals surface area contributed by atoms with Crippen molar-refractivity contribution >= 4 is 13.1 Å². The number of halogens is 5. The third kappa shape index (κ3) is 2.90. The molecule has 1 saturated carbocycles. The predicted octanol–water partition coefficient (Wildman–Crippen LogP) is 0.0940. The van der Waals surface area contributed by atoms with Crippen molar-refractivity contribution in [3.8, 4) is 0 Å². The van der Waals surface area contributed by atoms with Gasteiger partial charge in [-0.1, -0.05) is 0 Å². The molecule has 1 amide bonds. The molecule has 2 rings (SSSR count). The topological polar surface area (TPSA) is 29.5 Å². The Bertz CT molecular complexity index is 417. The molecule has 0 aromatic carbocycles. The zero-order chi connectivity index (χ0) is 14.9. The molecule has 1 atom stereocenters. The van der Waals surface area contributed by atoms with Crippen molar-refractivity contribution in [2.45, 2.75) is 38.1 Å². The number of hydrogen-bond donors (Lipinski definition) is 0. The third-order valence-corrected chi connectivity index (χ3v) is 3.54. The van der Waals surface area contributed by atoms with Gasteiger partial charge in [-0.15, -0.1) is 0 Å². The van der Waals surface area contributed by atoms with E-state index in [4.69, 9.17) is 4.74 Å². The van der Waals surface area contributed by atoms with E-state index in [2.05, 4.69) is 0 Å². The summed E-state index contributed by atoms with van der Waals surface area (Å²) in [4.78, 5) is 12.4. The predicted molar refractivity (Wildman–Crippen MR) is 58.0 cm³/mol. The maximum absolute atomic E-state index is 13.3. The maximum Gasteiger partial charge on any atom is 1.00 e. The quantitative estimate of drug-likeness (QED) is 0.505. The molecule has 0 radical (unpaired) electrons. The van der Waals surface area contributed by atoms with Gasteiger partial charge in [-0.2, -0.15) is 0 Å². The van der Waals surface area contributed by atoms with Gasteiger partial charge in [0.25, 0.3) is 0 Å². The average molecular weight is 325 g/mol. The standard InChI is InChI=1S/C10H14BF5NO2.K/c1-8(2,3)19-7(18)17-4-9(5-17)6(10(9,12)13)11(14,15)16;/h6H,4-5H2,1-3H3;/q-1;+1. The number of alkyl halides is 2. The fraction of sp³-hybridized carbons (Fsp3) is 0.900. The van der Waals surface area contributed by atoms with Gasteiger partial charge in [-0.25, -0.2) is 13.6 Å². The normalized spacial score (nSPS) is 26.6. The molecule has 110 valence electrons. The van der Waals surface area contributed by atoms with E-state index in [0.29, 0.717) is 0 Å². The van der Waals surface area contributed by atoms with Crippen LogP contribution >= 0.6 is 0 Å². The van der Waals surface area contributed by atoms with Gasteiger partial charge >= 0.3 is 64.5 Å². The molecule has 1 spiro atoms. The number of carbonyl (C=O) groups is 1. The minimum atomic E-state index is -5.60. The van der Waals surface area contributed by atoms with Crippen LogP contribution < -0.4 is 51.4 Å². The van der Waals surface area contributed by atoms with E-state index in [9.17, 15) is 26.5 Å². The first-order chi connectivity index (χ1) is 8.31. The summed E-state index contributed by atoms with van der Waals surface area (Å²) < 4.78 is 69.0. The van der Waals surface area contributed by atoms with Crippen molar-refractivity contribution in [1.29, 1.82) is 0 Å². The Hall–Kier alpha value is 0.621. The molecule has 0 bridgehead atoms. The molecule has 1 heterocycles. The molecular formula is C10H14BF5KNO2. The van der Waals surface area contributed by atoms with E-state index < -0.39 is 48.9 Å². The van der Waals surface area contributed by atoms with Crippen molar-refractivity contribution in [2.24, 2.45) is 5.41 Å². The molecule has 20 heavy (non-hydrogen) atoms. The number of likely N-dealkylation sites (tertiary alicyclic amines) is 1. The van der Waals surface area contributed by atoms with Crippen LogP contribution in [0.25, 0.3) is 0 Å². The van der Waals surface area contributed by atoms with Crippen LogP contribution in [0.4, 0.5) is 26.5 Å². The second-order valence-corrected chi connectivity index (χ2v) is 6.22. The van der Waals surface area contributed by atoms with E-state index in [1.807, 2.05) is 0 Å². The number of hydrogen-bond acceptors (Lipinski definition) is 2. The van der Waals surface area contributed by atoms with Crippen LogP contribution in [0, 0.1) is 5.41 Å². The van der Waals surface area contributed by atoms with Crippen molar-refractivity contribution in [2.75, 3.05) is 13.1 Å². The first-order valence-electron chi connectivity index (χ1n) is 5.87. The number of amides is 1. The first kappa shape index (κ1) is 18.7. The van der Waals surface area contributed by atoms with Gasteiger partial charge in [0.15, 0.2) is 0 Å². The number of rotatable bonds is 1. The summed E-state index contributed by atoms with van der Waals surface area (Å²) in [6, 6.07) is 0. The van der Waals surface area contributed by atoms with Crippen LogP contribution in [-0.2, 0) is 4.74 Å². The van der Waals surface area contributed by atoms with Crippen LogP contribution in [0.1, 0.15) is 20.8 Å². The Morgan fingerprint density at radius 3 is 2.00 bits per heavy atom. The molecule has 1 unspecified atom stereocenters. The van der Waals surface area contributed by atoms with Gasteiger partial charge in [0.2, 0.25) is 5.92 Å². The van der Waals surface area contributed by atoms with Crippen LogP contribution in [-0.4, -0.2) is 42.6 Å². The maximum atomic E-state index is 13.3. The summed E-state index contributed by atoms with van der Waals surface area (Å²) in [6.07, 6.45) is -0.853. The molecule has 1 saturated heterocycles. The molecule has 10 heteroatoms. The van der Waals surface area contributed by atoms with Gasteiger partial charge in [0.1, 0.15) is 5.60 Å². The third-order valence-electron chi connectivity index (χ3n) is 3.54. The van der Waals surface area contributed by atoms with Crippen LogP contribution in [0.5, 0.6) is 0 Å². The van der Waals surface area contributed by atoms with Crippen molar-refractivity contribution in [3.05, 3.63) is 0 Å². The zero-order valence-corrected chi connectivity index (χ0v) is 14.8. The fourth-order valence-corrected chi connectivity index (χ4v) is 2.64. The number of carbonyl (C=O) groups excluding carboxylic acids is 1. The fourth-order valence-electron chi connectivity index (χ4n) is 2.64. The van der Waals surface area contributed by atoms with E-state index in [1.54, 1.807) is 20.8 Å². The summed E-state index contributed by atoms with van der Waals surface area (Å²) in [5.41, 5.74) is -2.92. The van der Waals surface area contributed by atoms with Gasteiger partial charge < -0.3 is 22.6 Å². The van der Waals surface area contributed by atoms with Gasteiger partial charge in [0, 0.05) is 18.9 Å². The van der Waals surface area contributed by atoms with E-state index in [1.165, 1.54) is 0 Å². The summed E-state index contributed by atoms with van der Waals surface area (Å²) in [6.45, 7) is -2.02. The Labute approximate surface area is 156 Å². The molecule has 1 aliphatic carbocycles. The zero-order valence-electron chi connectivity index (χ0n) is 11.7. The summed E-state index contributed by atoms with van der Waals surface area (Å²) >= 11 is 0. The van der Waals surface area contributed by atoms with Crippen molar-refractivity contribution < 1.29 is 82.6 Å². The summed E-state index contributed by atoms with van der Waals surface area (Å²) in [5, 5.41) is 0. The Balaban J connectivity index is 0.00000200. The van der Waals surface area contributed by atoms with Gasteiger partial charge in [0.05, 0.1) is 5.41 Å². The second-order valence-electron chi connectivity index (χ2n) is 6.22. The minimum absolute atomic E-state index is 0.